The number of hydrogen-bond acceptors (Lipinski definition) is 9. The van der Waals surface area contributed by atoms with Crippen LogP contribution in [0.15, 0.2) is 0 Å². The van der Waals surface area contributed by atoms with Crippen molar-refractivity contribution in [3.05, 3.63) is 0 Å². The minimum atomic E-state index is -1.56. The molecule has 0 heterocycles. The summed E-state index contributed by atoms with van der Waals surface area (Å²) < 4.78 is 0. The maximum atomic E-state index is 12.9. The van der Waals surface area contributed by atoms with E-state index in [9.17, 15) is 38.7 Å². The van der Waals surface area contributed by atoms with Crippen molar-refractivity contribution in [2.24, 2.45) is 17.2 Å². The normalized spacial score (nSPS) is 13.9. The Morgan fingerprint density at radius 2 is 1.05 bits per heavy atom. The van der Waals surface area contributed by atoms with Gasteiger partial charge in [0.25, 0.3) is 0 Å². The van der Waals surface area contributed by atoms with Crippen molar-refractivity contribution in [3.8, 4) is 0 Å². The van der Waals surface area contributed by atoms with E-state index in [4.69, 9.17) is 27.4 Å². The number of carboxylic acids is 3. The Bertz CT molecular complexity index is 837. The first kappa shape index (κ1) is 33.2. The molecule has 0 rings (SSSR count). The number of aliphatic carboxylic acids is 3. The van der Waals surface area contributed by atoms with Crippen molar-refractivity contribution in [1.82, 2.24) is 16.0 Å². The van der Waals surface area contributed by atoms with Crippen LogP contribution in [-0.4, -0.2) is 87.6 Å². The monoisotopic (exact) mass is 532 g/mol. The summed E-state index contributed by atoms with van der Waals surface area (Å²) in [5.41, 5.74) is 16.2. The summed E-state index contributed by atoms with van der Waals surface area (Å²) in [4.78, 5) is 82.5. The first-order chi connectivity index (χ1) is 17.3. The van der Waals surface area contributed by atoms with E-state index in [2.05, 4.69) is 16.0 Å². The number of primary amides is 1. The average Bonchev–Trinajstić information content (AvgIpc) is 2.80. The second-order valence-electron chi connectivity index (χ2n) is 8.28. The minimum absolute atomic E-state index is 0.252. The molecule has 0 aromatic carbocycles. The van der Waals surface area contributed by atoms with Gasteiger partial charge < -0.3 is 48.5 Å². The van der Waals surface area contributed by atoms with Gasteiger partial charge >= 0.3 is 17.9 Å². The Labute approximate surface area is 212 Å². The van der Waals surface area contributed by atoms with Gasteiger partial charge in [0.2, 0.25) is 23.6 Å². The maximum Gasteiger partial charge on any atom is 0.326 e. The molecule has 0 aliphatic carbocycles. The number of nitrogens with one attached hydrogen (secondary N) is 3. The fourth-order valence-electron chi connectivity index (χ4n) is 3.08. The van der Waals surface area contributed by atoms with Gasteiger partial charge in [0.15, 0.2) is 0 Å². The van der Waals surface area contributed by atoms with Crippen LogP contribution in [0.1, 0.15) is 57.8 Å². The Morgan fingerprint density at radius 3 is 1.46 bits per heavy atom. The average molecular weight is 533 g/mol. The van der Waals surface area contributed by atoms with Crippen LogP contribution in [0.2, 0.25) is 0 Å². The van der Waals surface area contributed by atoms with Crippen molar-refractivity contribution in [3.63, 3.8) is 0 Å². The first-order valence-electron chi connectivity index (χ1n) is 11.6. The van der Waals surface area contributed by atoms with E-state index in [0.717, 1.165) is 0 Å². The number of rotatable bonds is 20. The number of hydrogen-bond donors (Lipinski definition) is 9. The van der Waals surface area contributed by atoms with Gasteiger partial charge in [0.05, 0.1) is 6.04 Å². The molecule has 16 heteroatoms. The van der Waals surface area contributed by atoms with Crippen molar-refractivity contribution in [1.29, 1.82) is 0 Å². The molecule has 4 amide bonds. The summed E-state index contributed by atoms with van der Waals surface area (Å²) >= 11 is 0. The molecule has 0 radical (unpaired) electrons. The van der Waals surface area contributed by atoms with Crippen LogP contribution in [0, 0.1) is 0 Å². The van der Waals surface area contributed by atoms with E-state index in [1.54, 1.807) is 0 Å². The van der Waals surface area contributed by atoms with Crippen LogP contribution < -0.4 is 33.2 Å². The molecule has 0 aliphatic heterocycles. The zero-order valence-electron chi connectivity index (χ0n) is 20.3. The fourth-order valence-corrected chi connectivity index (χ4v) is 3.08. The first-order valence-corrected chi connectivity index (χ1v) is 11.6. The third kappa shape index (κ3) is 15.0. The molecule has 0 bridgehead atoms. The quantitative estimate of drug-likeness (QED) is 0.0708. The zero-order chi connectivity index (χ0) is 28.5. The number of amides is 4. The highest BCUT2D eigenvalue weighted by Gasteiger charge is 2.31. The van der Waals surface area contributed by atoms with Crippen molar-refractivity contribution in [2.45, 2.75) is 82.0 Å². The molecule has 4 unspecified atom stereocenters. The molecule has 0 aromatic heterocycles. The second-order valence-corrected chi connectivity index (χ2v) is 8.28. The standard InChI is InChI=1S/C21H36N6O10/c22-10-2-1-3-11(23)18(33)25-12(5-8-16(29)30)19(34)26-13(6-9-17(31)32)20(35)27-14(21(36)37)4-7-15(24)28/h11-14H,1-10,22-23H2,(H2,24,28)(H,25,33)(H,26,34)(H,27,35)(H,29,30)(H,31,32)(H,36,37). The third-order valence-electron chi connectivity index (χ3n) is 5.16. The lowest BCUT2D eigenvalue weighted by Crippen LogP contribution is -2.57. The highest BCUT2D eigenvalue weighted by atomic mass is 16.4. The van der Waals surface area contributed by atoms with Gasteiger partial charge in [-0.1, -0.05) is 6.42 Å². The van der Waals surface area contributed by atoms with Gasteiger partial charge in [-0.2, -0.15) is 0 Å². The number of unbranched alkanes of at least 4 members (excludes halogenated alkanes) is 1. The number of carbonyl (C=O) groups is 7. The van der Waals surface area contributed by atoms with Crippen LogP contribution >= 0.6 is 0 Å². The summed E-state index contributed by atoms with van der Waals surface area (Å²) in [5, 5.41) is 33.9. The molecule has 16 nitrogen and oxygen atoms in total. The molecular weight excluding hydrogens is 496 g/mol. The third-order valence-corrected chi connectivity index (χ3v) is 5.16. The fraction of sp³-hybridized carbons (Fsp3) is 0.667. The molecule has 0 saturated carbocycles. The molecule has 0 spiro atoms. The van der Waals surface area contributed by atoms with Gasteiger partial charge in [0.1, 0.15) is 18.1 Å². The maximum absolute atomic E-state index is 12.9. The molecular formula is C21H36N6O10. The van der Waals surface area contributed by atoms with E-state index in [1.807, 2.05) is 0 Å². The molecule has 0 aromatic rings. The van der Waals surface area contributed by atoms with Crippen LogP contribution in [-0.2, 0) is 33.6 Å². The van der Waals surface area contributed by atoms with E-state index in [0.29, 0.717) is 19.4 Å². The number of nitrogens with two attached hydrogens (primary N) is 3. The zero-order valence-corrected chi connectivity index (χ0v) is 20.3. The lowest BCUT2D eigenvalue weighted by atomic mass is 10.0. The second kappa shape index (κ2) is 17.6. The molecule has 37 heavy (non-hydrogen) atoms. The molecule has 4 atom stereocenters. The predicted octanol–water partition coefficient (Wildman–Crippen LogP) is -3.02. The largest absolute Gasteiger partial charge is 0.481 e. The van der Waals surface area contributed by atoms with E-state index < -0.39 is 85.0 Å². The van der Waals surface area contributed by atoms with Gasteiger partial charge in [-0.05, 0) is 38.6 Å². The Hall–Kier alpha value is -3.79. The molecule has 0 saturated heterocycles. The molecule has 0 aliphatic rings. The topological polar surface area (TPSA) is 294 Å². The lowest BCUT2D eigenvalue weighted by molar-refractivity contribution is -0.143. The molecule has 12 N–H and O–H groups in total. The Kier molecular flexibility index (Phi) is 15.8. The SMILES string of the molecule is NCCCCC(N)C(=O)NC(CCC(=O)O)C(=O)NC(CCC(=O)O)C(=O)NC(CCC(N)=O)C(=O)O. The van der Waals surface area contributed by atoms with Crippen LogP contribution in [0.25, 0.3) is 0 Å². The number of carboxylic acid groups (broad SMARTS) is 3. The van der Waals surface area contributed by atoms with E-state index >= 15 is 0 Å². The summed E-state index contributed by atoms with van der Waals surface area (Å²) in [6.45, 7) is 0.392. The molecule has 210 valence electrons. The summed E-state index contributed by atoms with van der Waals surface area (Å²) in [7, 11) is 0. The van der Waals surface area contributed by atoms with Crippen molar-refractivity contribution < 1.29 is 48.9 Å². The van der Waals surface area contributed by atoms with Gasteiger partial charge in [0, 0.05) is 19.3 Å². The highest BCUT2D eigenvalue weighted by Crippen LogP contribution is 2.06. The summed E-state index contributed by atoms with van der Waals surface area (Å²) in [6.07, 6.45) is -1.25. The predicted molar refractivity (Wildman–Crippen MR) is 126 cm³/mol. The molecule has 0 fully saturated rings. The van der Waals surface area contributed by atoms with Crippen LogP contribution in [0.3, 0.4) is 0 Å². The Morgan fingerprint density at radius 1 is 0.622 bits per heavy atom. The highest BCUT2D eigenvalue weighted by molar-refractivity contribution is 5.94. The number of carbonyl (C=O) groups excluding carboxylic acids is 4. The van der Waals surface area contributed by atoms with Crippen LogP contribution in [0.5, 0.6) is 0 Å². The van der Waals surface area contributed by atoms with Crippen molar-refractivity contribution >= 4 is 41.5 Å². The van der Waals surface area contributed by atoms with Crippen LogP contribution in [0.4, 0.5) is 0 Å². The lowest BCUT2D eigenvalue weighted by Gasteiger charge is -2.25. The summed E-state index contributed by atoms with van der Waals surface area (Å²) in [6, 6.07) is -5.56. The van der Waals surface area contributed by atoms with Gasteiger partial charge in [-0.25, -0.2) is 4.79 Å². The van der Waals surface area contributed by atoms with Gasteiger partial charge in [-0.15, -0.1) is 0 Å². The van der Waals surface area contributed by atoms with Gasteiger partial charge in [-0.3, -0.25) is 28.8 Å². The van der Waals surface area contributed by atoms with Crippen molar-refractivity contribution in [2.75, 3.05) is 6.54 Å². The van der Waals surface area contributed by atoms with E-state index in [-0.39, 0.29) is 25.7 Å². The minimum Gasteiger partial charge on any atom is -0.481 e. The Balaban J connectivity index is 5.59. The van der Waals surface area contributed by atoms with E-state index in [1.165, 1.54) is 0 Å². The smallest absolute Gasteiger partial charge is 0.326 e. The summed E-state index contributed by atoms with van der Waals surface area (Å²) in [5.74, 6) is -7.69.